The second kappa shape index (κ2) is 9.19. The van der Waals surface area contributed by atoms with Crippen molar-refractivity contribution in [2.24, 2.45) is 5.73 Å². The van der Waals surface area contributed by atoms with Gasteiger partial charge in [0.1, 0.15) is 6.04 Å². The highest BCUT2D eigenvalue weighted by Gasteiger charge is 2.32. The third kappa shape index (κ3) is 5.65. The smallest absolute Gasteiger partial charge is 0.248 e. The van der Waals surface area contributed by atoms with Gasteiger partial charge in [-0.25, -0.2) is 8.42 Å². The van der Waals surface area contributed by atoms with Gasteiger partial charge in [0.15, 0.2) is 9.84 Å². The van der Waals surface area contributed by atoms with Gasteiger partial charge in [-0.05, 0) is 29.7 Å². The molecule has 0 bridgehead atoms. The number of amides is 2. The molecule has 8 heteroatoms. The average molecular weight is 416 g/mol. The van der Waals surface area contributed by atoms with Crippen LogP contribution in [0.15, 0.2) is 54.6 Å². The summed E-state index contributed by atoms with van der Waals surface area (Å²) in [6.45, 7) is 1.06. The highest BCUT2D eigenvalue weighted by Crippen LogP contribution is 2.23. The lowest BCUT2D eigenvalue weighted by Crippen LogP contribution is -2.47. The Morgan fingerprint density at radius 2 is 1.72 bits per heavy atom. The van der Waals surface area contributed by atoms with Crippen molar-refractivity contribution in [2.75, 3.05) is 31.1 Å². The summed E-state index contributed by atoms with van der Waals surface area (Å²) in [7, 11) is -3.03. The predicted octanol–water partition coefficient (Wildman–Crippen LogP) is 0.916. The predicted molar refractivity (Wildman–Crippen MR) is 111 cm³/mol. The topological polar surface area (TPSA) is 110 Å². The molecule has 1 unspecified atom stereocenters. The Morgan fingerprint density at radius 3 is 2.38 bits per heavy atom. The van der Waals surface area contributed by atoms with E-state index >= 15 is 0 Å². The molecule has 0 saturated carbocycles. The molecule has 29 heavy (non-hydrogen) atoms. The maximum atomic E-state index is 13.0. The Kier molecular flexibility index (Phi) is 6.66. The molecule has 3 rings (SSSR count). The van der Waals surface area contributed by atoms with E-state index in [2.05, 4.69) is 5.32 Å². The summed E-state index contributed by atoms with van der Waals surface area (Å²) in [5, 5.41) is 2.95. The molecular weight excluding hydrogens is 390 g/mol. The number of benzene rings is 2. The highest BCUT2D eigenvalue weighted by molar-refractivity contribution is 7.91. The molecule has 1 atom stereocenters. The summed E-state index contributed by atoms with van der Waals surface area (Å²) in [6.07, 6.45) is 0.558. The third-order valence-electron chi connectivity index (χ3n) is 5.03. The van der Waals surface area contributed by atoms with E-state index in [1.54, 1.807) is 18.2 Å². The van der Waals surface area contributed by atoms with Gasteiger partial charge in [0, 0.05) is 25.2 Å². The van der Waals surface area contributed by atoms with Crippen LogP contribution in [0.5, 0.6) is 0 Å². The molecule has 2 aromatic rings. The number of hydrogen-bond donors (Lipinski definition) is 2. The van der Waals surface area contributed by atoms with Gasteiger partial charge in [-0.15, -0.1) is 0 Å². The standard InChI is InChI=1S/C21H25N3O4S/c22-20(25)18-8-4-5-16(15-18)9-10-23-21(26)19(17-6-2-1-3-7-17)24-11-13-29(27,28)14-12-24/h1-8,15,19H,9-14H2,(H2,22,25)(H,23,26). The fourth-order valence-electron chi connectivity index (χ4n) is 3.45. The van der Waals surface area contributed by atoms with Crippen LogP contribution in [0.3, 0.4) is 0 Å². The number of hydrogen-bond acceptors (Lipinski definition) is 5. The summed E-state index contributed by atoms with van der Waals surface area (Å²) < 4.78 is 23.5. The molecule has 1 saturated heterocycles. The number of primary amides is 1. The van der Waals surface area contributed by atoms with Gasteiger partial charge < -0.3 is 11.1 Å². The van der Waals surface area contributed by atoms with Crippen molar-refractivity contribution in [1.29, 1.82) is 0 Å². The van der Waals surface area contributed by atoms with Gasteiger partial charge in [0.2, 0.25) is 11.8 Å². The van der Waals surface area contributed by atoms with Crippen molar-refractivity contribution >= 4 is 21.7 Å². The first-order valence-corrected chi connectivity index (χ1v) is 11.3. The molecule has 154 valence electrons. The molecule has 1 fully saturated rings. The summed E-state index contributed by atoms with van der Waals surface area (Å²) in [5.74, 6) is -0.533. The second-order valence-corrected chi connectivity index (χ2v) is 9.41. The first-order chi connectivity index (χ1) is 13.9. The van der Waals surface area contributed by atoms with E-state index in [1.807, 2.05) is 41.3 Å². The molecule has 0 radical (unpaired) electrons. The van der Waals surface area contributed by atoms with Gasteiger partial charge in [0.05, 0.1) is 11.5 Å². The number of nitrogens with two attached hydrogens (primary N) is 1. The van der Waals surface area contributed by atoms with Crippen molar-refractivity contribution < 1.29 is 18.0 Å². The highest BCUT2D eigenvalue weighted by atomic mass is 32.2. The van der Waals surface area contributed by atoms with Crippen LogP contribution < -0.4 is 11.1 Å². The first-order valence-electron chi connectivity index (χ1n) is 9.51. The van der Waals surface area contributed by atoms with Gasteiger partial charge in [-0.2, -0.15) is 0 Å². The molecule has 3 N–H and O–H groups in total. The Hall–Kier alpha value is -2.71. The van der Waals surface area contributed by atoms with E-state index < -0.39 is 21.8 Å². The summed E-state index contributed by atoms with van der Waals surface area (Å²) in [4.78, 5) is 26.2. The van der Waals surface area contributed by atoms with Crippen molar-refractivity contribution in [3.63, 3.8) is 0 Å². The normalized spacial score (nSPS) is 17.4. The Morgan fingerprint density at radius 1 is 1.03 bits per heavy atom. The lowest BCUT2D eigenvalue weighted by Gasteiger charge is -2.33. The molecule has 2 amide bonds. The Balaban J connectivity index is 1.67. The van der Waals surface area contributed by atoms with Crippen LogP contribution in [0.1, 0.15) is 27.5 Å². The van der Waals surface area contributed by atoms with Crippen molar-refractivity contribution in [3.8, 4) is 0 Å². The van der Waals surface area contributed by atoms with E-state index in [4.69, 9.17) is 5.73 Å². The largest absolute Gasteiger partial charge is 0.366 e. The van der Waals surface area contributed by atoms with E-state index in [0.717, 1.165) is 11.1 Å². The van der Waals surface area contributed by atoms with Crippen LogP contribution in [0, 0.1) is 0 Å². The van der Waals surface area contributed by atoms with Crippen LogP contribution in [0.4, 0.5) is 0 Å². The number of rotatable bonds is 7. The monoisotopic (exact) mass is 415 g/mol. The fraction of sp³-hybridized carbons (Fsp3) is 0.333. The van der Waals surface area contributed by atoms with E-state index in [1.165, 1.54) is 0 Å². The molecule has 0 aliphatic carbocycles. The average Bonchev–Trinajstić information content (AvgIpc) is 2.70. The first kappa shape index (κ1) is 21.0. The van der Waals surface area contributed by atoms with E-state index in [-0.39, 0.29) is 17.4 Å². The number of nitrogens with one attached hydrogen (secondary N) is 1. The fourth-order valence-corrected chi connectivity index (χ4v) is 4.68. The minimum Gasteiger partial charge on any atom is -0.366 e. The summed E-state index contributed by atoms with van der Waals surface area (Å²) in [6, 6.07) is 15.8. The number of carbonyl (C=O) groups is 2. The Labute approximate surface area is 170 Å². The zero-order chi connectivity index (χ0) is 20.9. The quantitative estimate of drug-likeness (QED) is 0.699. The van der Waals surface area contributed by atoms with Crippen LogP contribution in [-0.4, -0.2) is 56.3 Å². The maximum Gasteiger partial charge on any atom is 0.248 e. The minimum atomic E-state index is -3.03. The number of sulfone groups is 1. The molecule has 1 heterocycles. The second-order valence-electron chi connectivity index (χ2n) is 7.11. The zero-order valence-corrected chi connectivity index (χ0v) is 16.9. The third-order valence-corrected chi connectivity index (χ3v) is 6.64. The molecule has 2 aromatic carbocycles. The van der Waals surface area contributed by atoms with Crippen LogP contribution in [0.25, 0.3) is 0 Å². The van der Waals surface area contributed by atoms with Crippen LogP contribution in [-0.2, 0) is 21.1 Å². The van der Waals surface area contributed by atoms with Crippen molar-refractivity contribution in [3.05, 3.63) is 71.3 Å². The lowest BCUT2D eigenvalue weighted by molar-refractivity contribution is -0.126. The zero-order valence-electron chi connectivity index (χ0n) is 16.1. The SMILES string of the molecule is NC(=O)c1cccc(CCNC(=O)C(c2ccccc2)N2CCS(=O)(=O)CC2)c1. The lowest BCUT2D eigenvalue weighted by atomic mass is 10.0. The molecule has 0 aromatic heterocycles. The van der Waals surface area contributed by atoms with Gasteiger partial charge in [-0.3, -0.25) is 14.5 Å². The van der Waals surface area contributed by atoms with Crippen LogP contribution >= 0.6 is 0 Å². The van der Waals surface area contributed by atoms with Crippen molar-refractivity contribution in [2.45, 2.75) is 12.5 Å². The van der Waals surface area contributed by atoms with E-state index in [0.29, 0.717) is 31.6 Å². The number of nitrogens with zero attached hydrogens (tertiary/aromatic N) is 1. The molecule has 1 aliphatic rings. The Bertz CT molecular complexity index is 962. The molecule has 0 spiro atoms. The van der Waals surface area contributed by atoms with Gasteiger partial charge >= 0.3 is 0 Å². The summed E-state index contributed by atoms with van der Waals surface area (Å²) >= 11 is 0. The minimum absolute atomic E-state index is 0.0591. The molecule has 7 nitrogen and oxygen atoms in total. The van der Waals surface area contributed by atoms with Gasteiger partial charge in [0.25, 0.3) is 0 Å². The van der Waals surface area contributed by atoms with E-state index in [9.17, 15) is 18.0 Å². The van der Waals surface area contributed by atoms with Gasteiger partial charge in [-0.1, -0.05) is 42.5 Å². The number of carbonyl (C=O) groups excluding carboxylic acids is 2. The molecular formula is C21H25N3O4S. The van der Waals surface area contributed by atoms with Crippen LogP contribution in [0.2, 0.25) is 0 Å². The maximum absolute atomic E-state index is 13.0. The molecule has 1 aliphatic heterocycles. The van der Waals surface area contributed by atoms with Crippen molar-refractivity contribution in [1.82, 2.24) is 10.2 Å². The summed E-state index contributed by atoms with van der Waals surface area (Å²) in [5.41, 5.74) is 7.48.